The Morgan fingerprint density at radius 1 is 1.50 bits per heavy atom. The van der Waals surface area contributed by atoms with E-state index in [1.54, 1.807) is 0 Å². The molecule has 0 aliphatic carbocycles. The Balaban J connectivity index is 2.53. The molecule has 0 unspecified atom stereocenters. The average molecular weight is 115 g/mol. The van der Waals surface area contributed by atoms with Crippen molar-refractivity contribution in [1.29, 1.82) is 0 Å². The van der Waals surface area contributed by atoms with Gasteiger partial charge in [0.15, 0.2) is 0 Å². The summed E-state index contributed by atoms with van der Waals surface area (Å²) in [6.07, 6.45) is 3.40. The molecule has 0 bridgehead atoms. The number of unbranched alkanes of at least 4 members (excludes halogenated alkanes) is 2. The molecule has 0 atom stereocenters. The van der Waals surface area contributed by atoms with Crippen molar-refractivity contribution in [2.24, 2.45) is 0 Å². The summed E-state index contributed by atoms with van der Waals surface area (Å²) in [6, 6.07) is 0. The molecule has 0 aliphatic heterocycles. The predicted octanol–water partition coefficient (Wildman–Crippen LogP) is 0.720. The van der Waals surface area contributed by atoms with E-state index in [2.05, 4.69) is 11.6 Å². The Morgan fingerprint density at radius 3 is 2.75 bits per heavy atom. The van der Waals surface area contributed by atoms with Gasteiger partial charge in [0.2, 0.25) is 0 Å². The van der Waals surface area contributed by atoms with Crippen LogP contribution in [0.4, 0.5) is 0 Å². The first-order chi connectivity index (χ1) is 3.91. The van der Waals surface area contributed by atoms with Crippen molar-refractivity contribution in [3.8, 4) is 0 Å². The molecule has 47 valence electrons. The van der Waals surface area contributed by atoms with Gasteiger partial charge in [-0.1, -0.05) is 19.8 Å². The summed E-state index contributed by atoms with van der Waals surface area (Å²) in [6.45, 7) is 2.77. The molecular weight excluding hydrogens is 103 g/mol. The van der Waals surface area contributed by atoms with Crippen LogP contribution in [0, 0.1) is 0 Å². The number of hydrogen-bond acceptors (Lipinski definition) is 2. The summed E-state index contributed by atoms with van der Waals surface area (Å²) in [7, 11) is 0.746. The molecule has 0 saturated heterocycles. The molecule has 2 nitrogen and oxygen atoms in total. The number of rotatable bonds is 5. The lowest BCUT2D eigenvalue weighted by atomic mass is 10.2. The largest absolute Gasteiger partial charge is 0.485 e. The average Bonchev–Trinajstić information content (AvgIpc) is 1.81. The molecule has 0 fully saturated rings. The maximum atomic E-state index is 8.02. The third-order valence-corrected chi connectivity index (χ3v) is 0.940. The van der Waals surface area contributed by atoms with Crippen molar-refractivity contribution in [3.63, 3.8) is 0 Å². The fourth-order valence-electron chi connectivity index (χ4n) is 0.488. The van der Waals surface area contributed by atoms with Gasteiger partial charge in [0.25, 0.3) is 0 Å². The molecule has 0 rings (SSSR count). The van der Waals surface area contributed by atoms with Gasteiger partial charge in [-0.05, 0) is 6.42 Å². The van der Waals surface area contributed by atoms with Crippen LogP contribution in [0.15, 0.2) is 0 Å². The fourth-order valence-corrected chi connectivity index (χ4v) is 0.488. The second kappa shape index (κ2) is 6.98. The van der Waals surface area contributed by atoms with E-state index in [4.69, 9.17) is 5.02 Å². The van der Waals surface area contributed by atoms with Crippen LogP contribution in [0.1, 0.15) is 26.2 Å². The summed E-state index contributed by atoms with van der Waals surface area (Å²) in [5.41, 5.74) is 0. The zero-order valence-electron chi connectivity index (χ0n) is 5.26. The summed E-state index contributed by atoms with van der Waals surface area (Å²) in [5.74, 6) is 0. The fraction of sp³-hybridized carbons (Fsp3) is 1.00. The molecule has 0 saturated carbocycles. The van der Waals surface area contributed by atoms with Gasteiger partial charge in [-0.3, -0.25) is 0 Å². The van der Waals surface area contributed by atoms with E-state index in [1.165, 1.54) is 12.8 Å². The zero-order valence-corrected chi connectivity index (χ0v) is 5.26. The Labute approximate surface area is 51.2 Å². The van der Waals surface area contributed by atoms with Gasteiger partial charge >= 0.3 is 7.69 Å². The second-order valence-electron chi connectivity index (χ2n) is 1.68. The molecule has 0 heterocycles. The van der Waals surface area contributed by atoms with Crippen LogP contribution in [0.2, 0.25) is 0 Å². The van der Waals surface area contributed by atoms with Gasteiger partial charge in [-0.2, -0.15) is 0 Å². The van der Waals surface area contributed by atoms with Gasteiger partial charge in [0.1, 0.15) is 0 Å². The van der Waals surface area contributed by atoms with E-state index in [0.717, 1.165) is 14.1 Å². The minimum Gasteiger partial charge on any atom is -0.429 e. The Hall–Kier alpha value is -0.0151. The first kappa shape index (κ1) is 7.98. The third kappa shape index (κ3) is 5.98. The van der Waals surface area contributed by atoms with E-state index in [9.17, 15) is 0 Å². The van der Waals surface area contributed by atoms with E-state index in [0.29, 0.717) is 6.61 Å². The lowest BCUT2D eigenvalue weighted by Gasteiger charge is -1.95. The second-order valence-corrected chi connectivity index (χ2v) is 1.68. The Kier molecular flexibility index (Phi) is 6.97. The predicted molar refractivity (Wildman–Crippen MR) is 33.4 cm³/mol. The minimum atomic E-state index is 0.643. The highest BCUT2D eigenvalue weighted by Crippen LogP contribution is 1.92. The third-order valence-electron chi connectivity index (χ3n) is 0.940. The van der Waals surface area contributed by atoms with Crippen molar-refractivity contribution in [2.45, 2.75) is 26.2 Å². The van der Waals surface area contributed by atoms with E-state index < -0.39 is 0 Å². The van der Waals surface area contributed by atoms with Crippen LogP contribution >= 0.6 is 0 Å². The van der Waals surface area contributed by atoms with Crippen molar-refractivity contribution >= 4 is 7.69 Å². The van der Waals surface area contributed by atoms with Gasteiger partial charge in [-0.25, -0.2) is 0 Å². The van der Waals surface area contributed by atoms with Gasteiger partial charge < -0.3 is 9.68 Å². The molecule has 3 heteroatoms. The van der Waals surface area contributed by atoms with Crippen LogP contribution < -0.4 is 0 Å². The molecule has 0 aromatic rings. The van der Waals surface area contributed by atoms with Gasteiger partial charge in [-0.15, -0.1) is 0 Å². The van der Waals surface area contributed by atoms with Gasteiger partial charge in [0.05, 0.1) is 0 Å². The summed E-state index contributed by atoms with van der Waals surface area (Å²) < 4.78 is 4.57. The smallest absolute Gasteiger partial charge is 0.429 e. The van der Waals surface area contributed by atoms with E-state index >= 15 is 0 Å². The molecule has 0 spiro atoms. The zero-order chi connectivity index (χ0) is 6.24. The van der Waals surface area contributed by atoms with Crippen molar-refractivity contribution in [3.05, 3.63) is 0 Å². The lowest BCUT2D eigenvalue weighted by Crippen LogP contribution is -1.98. The van der Waals surface area contributed by atoms with Crippen LogP contribution in [0.3, 0.4) is 0 Å². The highest BCUT2D eigenvalue weighted by atomic mass is 16.5. The van der Waals surface area contributed by atoms with E-state index in [1.807, 2.05) is 0 Å². The quantitative estimate of drug-likeness (QED) is 0.422. The molecule has 8 heavy (non-hydrogen) atoms. The van der Waals surface area contributed by atoms with Crippen LogP contribution in [0.25, 0.3) is 0 Å². The van der Waals surface area contributed by atoms with Crippen molar-refractivity contribution in [2.75, 3.05) is 6.61 Å². The molecule has 0 aromatic carbocycles. The molecule has 0 amide bonds. The first-order valence-electron chi connectivity index (χ1n) is 2.99. The van der Waals surface area contributed by atoms with Crippen molar-refractivity contribution < 1.29 is 9.68 Å². The standard InChI is InChI=1S/C5H12BO2/c1-2-3-4-5-8-6-7/h7H,2-5H2,1H3. The molecule has 1 N–H and O–H groups in total. The van der Waals surface area contributed by atoms with Gasteiger partial charge in [0, 0.05) is 6.61 Å². The van der Waals surface area contributed by atoms with E-state index in [-0.39, 0.29) is 0 Å². The summed E-state index contributed by atoms with van der Waals surface area (Å²) in [4.78, 5) is 0. The lowest BCUT2D eigenvalue weighted by molar-refractivity contribution is 0.276. The summed E-state index contributed by atoms with van der Waals surface area (Å²) in [5, 5.41) is 8.02. The highest BCUT2D eigenvalue weighted by Gasteiger charge is 1.85. The molecule has 0 aliphatic rings. The normalized spacial score (nSPS) is 9.25. The molecule has 1 radical (unpaired) electrons. The highest BCUT2D eigenvalue weighted by molar-refractivity contribution is 6.15. The van der Waals surface area contributed by atoms with Crippen LogP contribution in [-0.4, -0.2) is 19.3 Å². The maximum absolute atomic E-state index is 8.02. The minimum absolute atomic E-state index is 0.643. The summed E-state index contributed by atoms with van der Waals surface area (Å²) >= 11 is 0. The van der Waals surface area contributed by atoms with Crippen molar-refractivity contribution in [1.82, 2.24) is 0 Å². The topological polar surface area (TPSA) is 29.5 Å². The molecule has 0 aromatic heterocycles. The Bertz CT molecular complexity index is 35.4. The maximum Gasteiger partial charge on any atom is 0.485 e. The van der Waals surface area contributed by atoms with Crippen LogP contribution in [0.5, 0.6) is 0 Å². The van der Waals surface area contributed by atoms with Crippen LogP contribution in [-0.2, 0) is 4.65 Å². The first-order valence-corrected chi connectivity index (χ1v) is 2.99. The SMILES string of the molecule is CCCCCO[B]O. The molecular formula is C5H12BO2. The Morgan fingerprint density at radius 2 is 2.25 bits per heavy atom. The monoisotopic (exact) mass is 115 g/mol. The number of hydrogen-bond donors (Lipinski definition) is 1.